The van der Waals surface area contributed by atoms with Gasteiger partial charge in [-0.15, -0.1) is 0 Å². The molecule has 1 unspecified atom stereocenters. The van der Waals surface area contributed by atoms with Gasteiger partial charge in [0.2, 0.25) is 0 Å². The zero-order valence-electron chi connectivity index (χ0n) is 10.3. The third-order valence-electron chi connectivity index (χ3n) is 2.85. The lowest BCUT2D eigenvalue weighted by Crippen LogP contribution is -2.11. The van der Waals surface area contributed by atoms with Crippen molar-refractivity contribution in [3.8, 4) is 6.07 Å². The minimum absolute atomic E-state index is 0.0322. The van der Waals surface area contributed by atoms with Crippen LogP contribution >= 0.6 is 0 Å². The fraction of sp³-hybridized carbons (Fsp3) is 0.133. The van der Waals surface area contributed by atoms with E-state index >= 15 is 0 Å². The highest BCUT2D eigenvalue weighted by atomic mass is 19.1. The van der Waals surface area contributed by atoms with Crippen LogP contribution in [0.25, 0.3) is 0 Å². The maximum absolute atomic E-state index is 13.6. The first-order chi connectivity index (χ1) is 9.13. The van der Waals surface area contributed by atoms with Crippen LogP contribution in [0, 0.1) is 23.0 Å². The average molecular weight is 258 g/mol. The highest BCUT2D eigenvalue weighted by Gasteiger charge is 2.16. The third kappa shape index (κ3) is 2.71. The molecule has 0 heterocycles. The quantitative estimate of drug-likeness (QED) is 0.902. The van der Waals surface area contributed by atoms with Crippen LogP contribution in [-0.2, 0) is 0 Å². The topological polar surface area (TPSA) is 35.8 Å². The number of anilines is 1. The molecule has 4 heteroatoms. The van der Waals surface area contributed by atoms with Gasteiger partial charge in [-0.05, 0) is 31.2 Å². The van der Waals surface area contributed by atoms with Crippen molar-refractivity contribution >= 4 is 5.69 Å². The van der Waals surface area contributed by atoms with Gasteiger partial charge in [-0.3, -0.25) is 0 Å². The molecule has 96 valence electrons. The van der Waals surface area contributed by atoms with Gasteiger partial charge in [0.25, 0.3) is 0 Å². The standard InChI is InChI=1S/C15H12F2N2/c1-10(15-12(16)6-4-7-13(15)17)19-14-8-3-2-5-11(14)9-18/h2-8,10,19H,1H3. The molecular weight excluding hydrogens is 246 g/mol. The van der Waals surface area contributed by atoms with Gasteiger partial charge in [0.1, 0.15) is 17.7 Å². The van der Waals surface area contributed by atoms with E-state index in [0.717, 1.165) is 0 Å². The molecule has 0 radical (unpaired) electrons. The van der Waals surface area contributed by atoms with Crippen LogP contribution in [0.4, 0.5) is 14.5 Å². The van der Waals surface area contributed by atoms with Crippen molar-refractivity contribution in [3.05, 3.63) is 65.2 Å². The molecule has 0 aliphatic rings. The van der Waals surface area contributed by atoms with Crippen molar-refractivity contribution in [2.45, 2.75) is 13.0 Å². The molecule has 1 atom stereocenters. The van der Waals surface area contributed by atoms with Crippen LogP contribution in [0.1, 0.15) is 24.1 Å². The Kier molecular flexibility index (Phi) is 3.76. The van der Waals surface area contributed by atoms with Gasteiger partial charge < -0.3 is 5.32 Å². The summed E-state index contributed by atoms with van der Waals surface area (Å²) in [5, 5.41) is 11.9. The molecule has 0 aliphatic carbocycles. The Morgan fingerprint density at radius 3 is 2.32 bits per heavy atom. The fourth-order valence-electron chi connectivity index (χ4n) is 1.94. The first-order valence-corrected chi connectivity index (χ1v) is 5.83. The predicted octanol–water partition coefficient (Wildman–Crippen LogP) is 4.01. The molecule has 0 saturated carbocycles. The number of para-hydroxylation sites is 1. The first-order valence-electron chi connectivity index (χ1n) is 5.83. The number of halogens is 2. The van der Waals surface area contributed by atoms with Crippen LogP contribution in [0.5, 0.6) is 0 Å². The number of hydrogen-bond acceptors (Lipinski definition) is 2. The summed E-state index contributed by atoms with van der Waals surface area (Å²) in [6, 6.07) is 12.1. The van der Waals surface area contributed by atoms with Crippen LogP contribution in [0.15, 0.2) is 42.5 Å². The molecule has 2 aromatic rings. The van der Waals surface area contributed by atoms with Gasteiger partial charge in [0.05, 0.1) is 17.3 Å². The van der Waals surface area contributed by atoms with Gasteiger partial charge in [0.15, 0.2) is 0 Å². The van der Waals surface area contributed by atoms with E-state index in [1.165, 1.54) is 18.2 Å². The molecule has 2 aromatic carbocycles. The average Bonchev–Trinajstić information content (AvgIpc) is 2.39. The zero-order valence-corrected chi connectivity index (χ0v) is 10.3. The number of hydrogen-bond donors (Lipinski definition) is 1. The second kappa shape index (κ2) is 5.49. The van der Waals surface area contributed by atoms with Gasteiger partial charge >= 0.3 is 0 Å². The Bertz CT molecular complexity index is 612. The Balaban J connectivity index is 2.32. The number of nitrogens with one attached hydrogen (secondary N) is 1. The highest BCUT2D eigenvalue weighted by molar-refractivity contribution is 5.58. The number of nitriles is 1. The van der Waals surface area contributed by atoms with E-state index < -0.39 is 17.7 Å². The van der Waals surface area contributed by atoms with Crippen molar-refractivity contribution in [1.29, 1.82) is 5.26 Å². The van der Waals surface area contributed by atoms with Gasteiger partial charge in [-0.2, -0.15) is 5.26 Å². The molecule has 2 nitrogen and oxygen atoms in total. The highest BCUT2D eigenvalue weighted by Crippen LogP contribution is 2.25. The summed E-state index contributed by atoms with van der Waals surface area (Å²) >= 11 is 0. The second-order valence-corrected chi connectivity index (χ2v) is 4.16. The summed E-state index contributed by atoms with van der Waals surface area (Å²) in [7, 11) is 0. The molecule has 0 amide bonds. The SMILES string of the molecule is CC(Nc1ccccc1C#N)c1c(F)cccc1F. The van der Waals surface area contributed by atoms with E-state index in [4.69, 9.17) is 5.26 Å². The lowest BCUT2D eigenvalue weighted by Gasteiger charge is -2.17. The number of benzene rings is 2. The summed E-state index contributed by atoms with van der Waals surface area (Å²) in [6.45, 7) is 1.65. The Morgan fingerprint density at radius 1 is 1.05 bits per heavy atom. The van der Waals surface area contributed by atoms with E-state index in [9.17, 15) is 8.78 Å². The Labute approximate surface area is 110 Å². The zero-order chi connectivity index (χ0) is 13.8. The Hall–Kier alpha value is -2.41. The molecule has 0 saturated heterocycles. The van der Waals surface area contributed by atoms with Crippen LogP contribution < -0.4 is 5.32 Å². The monoisotopic (exact) mass is 258 g/mol. The van der Waals surface area contributed by atoms with E-state index in [0.29, 0.717) is 11.3 Å². The van der Waals surface area contributed by atoms with Crippen LogP contribution in [-0.4, -0.2) is 0 Å². The van der Waals surface area contributed by atoms with E-state index in [1.807, 2.05) is 6.07 Å². The molecule has 0 spiro atoms. The molecule has 2 rings (SSSR count). The summed E-state index contributed by atoms with van der Waals surface area (Å²) in [5.41, 5.74) is 0.960. The smallest absolute Gasteiger partial charge is 0.131 e. The number of rotatable bonds is 3. The molecule has 19 heavy (non-hydrogen) atoms. The summed E-state index contributed by atoms with van der Waals surface area (Å²) in [6.07, 6.45) is 0. The Morgan fingerprint density at radius 2 is 1.68 bits per heavy atom. The van der Waals surface area contributed by atoms with E-state index in [-0.39, 0.29) is 5.56 Å². The summed E-state index contributed by atoms with van der Waals surface area (Å²) in [4.78, 5) is 0. The minimum atomic E-state index is -0.602. The van der Waals surface area contributed by atoms with Gasteiger partial charge in [0, 0.05) is 5.56 Å². The number of nitrogens with zero attached hydrogens (tertiary/aromatic N) is 1. The van der Waals surface area contributed by atoms with Crippen LogP contribution in [0.2, 0.25) is 0 Å². The second-order valence-electron chi connectivity index (χ2n) is 4.16. The summed E-state index contributed by atoms with van der Waals surface area (Å²) in [5.74, 6) is -1.20. The van der Waals surface area contributed by atoms with E-state index in [2.05, 4.69) is 5.32 Å². The lowest BCUT2D eigenvalue weighted by molar-refractivity contribution is 0.544. The largest absolute Gasteiger partial charge is 0.377 e. The van der Waals surface area contributed by atoms with Crippen molar-refractivity contribution < 1.29 is 8.78 Å². The molecule has 1 N–H and O–H groups in total. The fourth-order valence-corrected chi connectivity index (χ4v) is 1.94. The van der Waals surface area contributed by atoms with Crippen molar-refractivity contribution in [1.82, 2.24) is 0 Å². The molecule has 0 aromatic heterocycles. The lowest BCUT2D eigenvalue weighted by atomic mass is 10.1. The molecule has 0 bridgehead atoms. The van der Waals surface area contributed by atoms with Gasteiger partial charge in [-0.25, -0.2) is 8.78 Å². The minimum Gasteiger partial charge on any atom is -0.377 e. The third-order valence-corrected chi connectivity index (χ3v) is 2.85. The van der Waals surface area contributed by atoms with Crippen molar-refractivity contribution in [3.63, 3.8) is 0 Å². The van der Waals surface area contributed by atoms with E-state index in [1.54, 1.807) is 31.2 Å². The summed E-state index contributed by atoms with van der Waals surface area (Å²) < 4.78 is 27.3. The van der Waals surface area contributed by atoms with Gasteiger partial charge in [-0.1, -0.05) is 18.2 Å². The predicted molar refractivity (Wildman–Crippen MR) is 69.6 cm³/mol. The maximum Gasteiger partial charge on any atom is 0.131 e. The van der Waals surface area contributed by atoms with Crippen molar-refractivity contribution in [2.24, 2.45) is 0 Å². The maximum atomic E-state index is 13.6. The normalized spacial score (nSPS) is 11.7. The molecule has 0 fully saturated rings. The van der Waals surface area contributed by atoms with Crippen molar-refractivity contribution in [2.75, 3.05) is 5.32 Å². The molecular formula is C15H12F2N2. The van der Waals surface area contributed by atoms with Crippen LogP contribution in [0.3, 0.4) is 0 Å². The molecule has 0 aliphatic heterocycles. The first kappa shape index (κ1) is 13.0.